The Morgan fingerprint density at radius 1 is 0.828 bits per heavy atom. The van der Waals surface area contributed by atoms with E-state index in [1.807, 2.05) is 32.0 Å². The molecule has 0 aliphatic carbocycles. The number of nitrogens with one attached hydrogen (secondary N) is 1. The van der Waals surface area contributed by atoms with Gasteiger partial charge >= 0.3 is 0 Å². The number of fused-ring (bicyclic) bond motifs is 1. The minimum absolute atomic E-state index is 0.258. The SMILES string of the molecule is Cc1ccc(NC(=O)c2ccc(N3C(=O)c4ccc(Br)cc4C3=O)cc2)cc1C. The third-order valence-electron chi connectivity index (χ3n) is 5.00. The number of amides is 3. The number of carbonyl (C=O) groups excluding carboxylic acids is 3. The normalized spacial score (nSPS) is 12.9. The number of carbonyl (C=O) groups is 3. The molecular weight excluding hydrogens is 432 g/mol. The van der Waals surface area contributed by atoms with Crippen LogP contribution in [0.25, 0.3) is 0 Å². The van der Waals surface area contributed by atoms with E-state index in [2.05, 4.69) is 21.2 Å². The number of benzene rings is 3. The fourth-order valence-corrected chi connectivity index (χ4v) is 3.59. The van der Waals surface area contributed by atoms with Gasteiger partial charge < -0.3 is 5.32 Å². The Hall–Kier alpha value is -3.25. The molecule has 0 bridgehead atoms. The van der Waals surface area contributed by atoms with Crippen LogP contribution in [0.15, 0.2) is 65.1 Å². The lowest BCUT2D eigenvalue weighted by Gasteiger charge is -2.14. The summed E-state index contributed by atoms with van der Waals surface area (Å²) in [5.41, 5.74) is 4.56. The first-order valence-electron chi connectivity index (χ1n) is 9.02. The zero-order valence-electron chi connectivity index (χ0n) is 15.8. The highest BCUT2D eigenvalue weighted by Crippen LogP contribution is 2.30. The number of anilines is 2. The van der Waals surface area contributed by atoms with E-state index in [-0.39, 0.29) is 17.7 Å². The summed E-state index contributed by atoms with van der Waals surface area (Å²) >= 11 is 3.32. The fourth-order valence-electron chi connectivity index (χ4n) is 3.23. The highest BCUT2D eigenvalue weighted by Gasteiger charge is 2.36. The predicted molar refractivity (Wildman–Crippen MR) is 116 cm³/mol. The summed E-state index contributed by atoms with van der Waals surface area (Å²) in [4.78, 5) is 39.0. The van der Waals surface area contributed by atoms with Crippen LogP contribution >= 0.6 is 15.9 Å². The standard InChI is InChI=1S/C23H17BrN2O3/c1-13-3-7-17(11-14(13)2)25-21(27)15-4-8-18(9-5-15)26-22(28)19-10-6-16(24)12-20(19)23(26)29/h3-12H,1-2H3,(H,25,27). The smallest absolute Gasteiger partial charge is 0.266 e. The number of nitrogens with zero attached hydrogens (tertiary/aromatic N) is 1. The van der Waals surface area contributed by atoms with Crippen molar-refractivity contribution in [3.63, 3.8) is 0 Å². The van der Waals surface area contributed by atoms with E-state index in [1.165, 1.54) is 0 Å². The molecule has 0 unspecified atom stereocenters. The molecule has 144 valence electrons. The molecule has 29 heavy (non-hydrogen) atoms. The van der Waals surface area contributed by atoms with Crippen LogP contribution < -0.4 is 10.2 Å². The van der Waals surface area contributed by atoms with E-state index in [0.29, 0.717) is 28.1 Å². The van der Waals surface area contributed by atoms with Crippen molar-refractivity contribution in [1.82, 2.24) is 0 Å². The molecule has 0 radical (unpaired) electrons. The summed E-state index contributed by atoms with van der Waals surface area (Å²) in [5, 5.41) is 2.86. The summed E-state index contributed by atoms with van der Waals surface area (Å²) in [6.07, 6.45) is 0. The predicted octanol–water partition coefficient (Wildman–Crippen LogP) is 5.12. The van der Waals surface area contributed by atoms with Gasteiger partial charge in [0, 0.05) is 15.7 Å². The first kappa shape index (κ1) is 19.1. The molecule has 1 aliphatic heterocycles. The zero-order chi connectivity index (χ0) is 20.7. The fraction of sp³-hybridized carbons (Fsp3) is 0.0870. The number of imide groups is 1. The summed E-state index contributed by atoms with van der Waals surface area (Å²) in [7, 11) is 0. The lowest BCUT2D eigenvalue weighted by Crippen LogP contribution is -2.29. The number of hydrogen-bond acceptors (Lipinski definition) is 3. The van der Waals surface area contributed by atoms with Gasteiger partial charge in [0.05, 0.1) is 16.8 Å². The van der Waals surface area contributed by atoms with Crippen LogP contribution in [0.3, 0.4) is 0 Å². The third kappa shape index (κ3) is 3.47. The summed E-state index contributed by atoms with van der Waals surface area (Å²) < 4.78 is 0.734. The molecule has 1 heterocycles. The van der Waals surface area contributed by atoms with Crippen LogP contribution in [-0.4, -0.2) is 17.7 Å². The van der Waals surface area contributed by atoms with Crippen molar-refractivity contribution in [2.45, 2.75) is 13.8 Å². The molecule has 6 heteroatoms. The molecule has 1 aliphatic rings. The lowest BCUT2D eigenvalue weighted by molar-refractivity contribution is 0.0925. The molecule has 1 N–H and O–H groups in total. The van der Waals surface area contributed by atoms with Crippen molar-refractivity contribution in [1.29, 1.82) is 0 Å². The molecule has 3 amide bonds. The molecule has 0 fully saturated rings. The van der Waals surface area contributed by atoms with Crippen LogP contribution in [0.4, 0.5) is 11.4 Å². The molecule has 0 saturated heterocycles. The van der Waals surface area contributed by atoms with Crippen LogP contribution in [0, 0.1) is 13.8 Å². The topological polar surface area (TPSA) is 66.5 Å². The number of halogens is 1. The maximum absolute atomic E-state index is 12.7. The second-order valence-corrected chi connectivity index (χ2v) is 7.85. The largest absolute Gasteiger partial charge is 0.322 e. The molecule has 0 atom stereocenters. The average molecular weight is 449 g/mol. The van der Waals surface area contributed by atoms with Crippen LogP contribution in [0.1, 0.15) is 42.2 Å². The Kier molecular flexibility index (Phi) is 4.80. The molecule has 5 nitrogen and oxygen atoms in total. The van der Waals surface area contributed by atoms with Gasteiger partial charge in [0.25, 0.3) is 17.7 Å². The van der Waals surface area contributed by atoms with Gasteiger partial charge in [0.2, 0.25) is 0 Å². The van der Waals surface area contributed by atoms with Gasteiger partial charge in [-0.15, -0.1) is 0 Å². The lowest BCUT2D eigenvalue weighted by atomic mass is 10.1. The maximum Gasteiger partial charge on any atom is 0.266 e. The van der Waals surface area contributed by atoms with E-state index in [4.69, 9.17) is 0 Å². The van der Waals surface area contributed by atoms with Gasteiger partial charge in [0.1, 0.15) is 0 Å². The second kappa shape index (κ2) is 7.29. The van der Waals surface area contributed by atoms with Gasteiger partial charge in [-0.2, -0.15) is 0 Å². The molecular formula is C23H17BrN2O3. The van der Waals surface area contributed by atoms with Gasteiger partial charge in [-0.3, -0.25) is 14.4 Å². The van der Waals surface area contributed by atoms with Crippen molar-refractivity contribution in [3.05, 3.63) is 93.0 Å². The second-order valence-electron chi connectivity index (χ2n) is 6.94. The number of hydrogen-bond donors (Lipinski definition) is 1. The molecule has 0 aromatic heterocycles. The van der Waals surface area contributed by atoms with Crippen molar-refractivity contribution >= 4 is 45.0 Å². The Balaban J connectivity index is 1.55. The summed E-state index contributed by atoms with van der Waals surface area (Å²) in [6.45, 7) is 4.00. The first-order chi connectivity index (χ1) is 13.8. The maximum atomic E-state index is 12.7. The van der Waals surface area contributed by atoms with E-state index in [0.717, 1.165) is 20.5 Å². The van der Waals surface area contributed by atoms with Gasteiger partial charge in [-0.05, 0) is 79.6 Å². The van der Waals surface area contributed by atoms with E-state index < -0.39 is 0 Å². The quantitative estimate of drug-likeness (QED) is 0.565. The molecule has 3 aromatic carbocycles. The zero-order valence-corrected chi connectivity index (χ0v) is 17.4. The third-order valence-corrected chi connectivity index (χ3v) is 5.49. The van der Waals surface area contributed by atoms with Crippen LogP contribution in [-0.2, 0) is 0 Å². The Labute approximate surface area is 176 Å². The molecule has 0 spiro atoms. The van der Waals surface area contributed by atoms with Crippen molar-refractivity contribution in [3.8, 4) is 0 Å². The average Bonchev–Trinajstić information content (AvgIpc) is 2.94. The number of rotatable bonds is 3. The van der Waals surface area contributed by atoms with Crippen molar-refractivity contribution in [2.24, 2.45) is 0 Å². The van der Waals surface area contributed by atoms with Gasteiger partial charge in [-0.25, -0.2) is 4.90 Å². The summed E-state index contributed by atoms with van der Waals surface area (Å²) in [5.74, 6) is -1.01. The Morgan fingerprint density at radius 2 is 1.52 bits per heavy atom. The van der Waals surface area contributed by atoms with Crippen LogP contribution in [0.5, 0.6) is 0 Å². The minimum atomic E-state index is -0.376. The number of aryl methyl sites for hydroxylation is 2. The Bertz CT molecular complexity index is 1170. The Morgan fingerprint density at radius 3 is 2.21 bits per heavy atom. The van der Waals surface area contributed by atoms with Gasteiger partial charge in [0.15, 0.2) is 0 Å². The molecule has 0 saturated carbocycles. The van der Waals surface area contributed by atoms with Crippen LogP contribution in [0.2, 0.25) is 0 Å². The van der Waals surface area contributed by atoms with E-state index in [9.17, 15) is 14.4 Å². The van der Waals surface area contributed by atoms with Crippen molar-refractivity contribution in [2.75, 3.05) is 10.2 Å². The monoisotopic (exact) mass is 448 g/mol. The van der Waals surface area contributed by atoms with Crippen molar-refractivity contribution < 1.29 is 14.4 Å². The molecule has 3 aromatic rings. The van der Waals surface area contributed by atoms with E-state index >= 15 is 0 Å². The first-order valence-corrected chi connectivity index (χ1v) is 9.81. The summed E-state index contributed by atoms with van der Waals surface area (Å²) in [6, 6.07) is 17.1. The van der Waals surface area contributed by atoms with Gasteiger partial charge in [-0.1, -0.05) is 22.0 Å². The minimum Gasteiger partial charge on any atom is -0.322 e. The highest BCUT2D eigenvalue weighted by atomic mass is 79.9. The highest BCUT2D eigenvalue weighted by molar-refractivity contribution is 9.10. The van der Waals surface area contributed by atoms with E-state index in [1.54, 1.807) is 42.5 Å². The molecule has 4 rings (SSSR count).